The van der Waals surface area contributed by atoms with Gasteiger partial charge in [0.25, 0.3) is 5.56 Å². The summed E-state index contributed by atoms with van der Waals surface area (Å²) in [5.74, 6) is 0.716. The zero-order valence-corrected chi connectivity index (χ0v) is 13.3. The monoisotopic (exact) mass is 368 g/mol. The number of H-pyrrole nitrogens is 1. The van der Waals surface area contributed by atoms with Gasteiger partial charge in [-0.2, -0.15) is 0 Å². The number of nitrogen functional groups attached to an aromatic ring is 1. The topological polar surface area (TPSA) is 84.7 Å². The van der Waals surface area contributed by atoms with E-state index in [1.165, 1.54) is 11.8 Å². The van der Waals surface area contributed by atoms with Gasteiger partial charge in [-0.05, 0) is 17.7 Å². The molecule has 20 heavy (non-hydrogen) atoms. The van der Waals surface area contributed by atoms with Crippen LogP contribution in [0, 0.1) is 0 Å². The molecule has 0 amide bonds. The summed E-state index contributed by atoms with van der Waals surface area (Å²) in [5.41, 5.74) is 6.95. The minimum atomic E-state index is -0.194. The van der Waals surface area contributed by atoms with Crippen molar-refractivity contribution in [3.63, 3.8) is 0 Å². The first-order valence-corrected chi connectivity index (χ1v) is 8.25. The molecule has 0 aliphatic carbocycles. The third-order valence-electron chi connectivity index (χ3n) is 2.52. The van der Waals surface area contributed by atoms with Crippen LogP contribution in [0.2, 0.25) is 0 Å². The zero-order chi connectivity index (χ0) is 14.1. The quantitative estimate of drug-likeness (QED) is 0.548. The van der Waals surface area contributed by atoms with Gasteiger partial charge in [-0.1, -0.05) is 51.2 Å². The first kappa shape index (κ1) is 13.6. The molecule has 0 saturated carbocycles. The molecule has 2 aromatic heterocycles. The Labute approximate surface area is 130 Å². The largest absolute Gasteiger partial charge is 0.375 e. The lowest BCUT2D eigenvalue weighted by molar-refractivity contribution is 0.968. The molecule has 0 aliphatic rings. The van der Waals surface area contributed by atoms with E-state index in [2.05, 4.69) is 30.9 Å². The lowest BCUT2D eigenvalue weighted by atomic mass is 10.2. The number of nitrogens with one attached hydrogen (secondary N) is 1. The predicted octanol–water partition coefficient (Wildman–Crippen LogP) is 3.02. The molecule has 0 aliphatic heterocycles. The number of nitrogens with two attached hydrogens (primary N) is 1. The Balaban J connectivity index is 1.86. The van der Waals surface area contributed by atoms with Crippen LogP contribution in [-0.2, 0) is 5.75 Å². The highest BCUT2D eigenvalue weighted by Gasteiger charge is 2.09. The maximum Gasteiger partial charge on any atom is 0.271 e. The maximum absolute atomic E-state index is 11.9. The van der Waals surface area contributed by atoms with E-state index in [-0.39, 0.29) is 5.56 Å². The van der Waals surface area contributed by atoms with Gasteiger partial charge in [0.2, 0.25) is 0 Å². The van der Waals surface area contributed by atoms with Crippen LogP contribution < -0.4 is 11.3 Å². The second-order valence-electron chi connectivity index (χ2n) is 3.99. The Morgan fingerprint density at radius 3 is 3.05 bits per heavy atom. The molecule has 2 heterocycles. The minimum Gasteiger partial charge on any atom is -0.375 e. The number of nitrogens with zero attached hydrogens (tertiary/aromatic N) is 2. The third-order valence-corrected chi connectivity index (χ3v) is 4.83. The second-order valence-corrected chi connectivity index (χ2v) is 6.90. The van der Waals surface area contributed by atoms with E-state index < -0.39 is 0 Å². The molecule has 0 unspecified atom stereocenters. The summed E-state index contributed by atoms with van der Waals surface area (Å²) >= 11 is 6.04. The SMILES string of the molecule is Nc1nc2nc(SCc3cccc(Br)c3)[nH]c(=O)c2s1. The van der Waals surface area contributed by atoms with E-state index in [9.17, 15) is 4.79 Å². The van der Waals surface area contributed by atoms with Gasteiger partial charge in [-0.25, -0.2) is 9.97 Å². The fraction of sp³-hybridized carbons (Fsp3) is 0.0833. The number of thioether (sulfide) groups is 1. The van der Waals surface area contributed by atoms with Crippen molar-refractivity contribution in [1.82, 2.24) is 15.0 Å². The van der Waals surface area contributed by atoms with Crippen LogP contribution in [0.25, 0.3) is 10.3 Å². The normalized spacial score (nSPS) is 11.1. The summed E-state index contributed by atoms with van der Waals surface area (Å²) in [6.45, 7) is 0. The number of fused-ring (bicyclic) bond motifs is 1. The van der Waals surface area contributed by atoms with Gasteiger partial charge in [0, 0.05) is 10.2 Å². The second kappa shape index (κ2) is 5.55. The molecule has 0 atom stereocenters. The van der Waals surface area contributed by atoms with Gasteiger partial charge in [0.05, 0.1) is 0 Å². The van der Waals surface area contributed by atoms with Crippen LogP contribution in [0.15, 0.2) is 38.7 Å². The minimum absolute atomic E-state index is 0.194. The van der Waals surface area contributed by atoms with Gasteiger partial charge in [0.15, 0.2) is 15.9 Å². The van der Waals surface area contributed by atoms with Crippen LogP contribution in [0.1, 0.15) is 5.56 Å². The van der Waals surface area contributed by atoms with Gasteiger partial charge >= 0.3 is 0 Å². The smallest absolute Gasteiger partial charge is 0.271 e. The van der Waals surface area contributed by atoms with Crippen molar-refractivity contribution in [3.8, 4) is 0 Å². The van der Waals surface area contributed by atoms with Gasteiger partial charge in [0.1, 0.15) is 4.70 Å². The number of halogens is 1. The summed E-state index contributed by atoms with van der Waals surface area (Å²) in [7, 11) is 0. The van der Waals surface area contributed by atoms with E-state index in [1.54, 1.807) is 0 Å². The van der Waals surface area contributed by atoms with Crippen molar-refractivity contribution >= 4 is 54.5 Å². The highest BCUT2D eigenvalue weighted by atomic mass is 79.9. The number of hydrogen-bond donors (Lipinski definition) is 2. The van der Waals surface area contributed by atoms with Crippen molar-refractivity contribution in [2.75, 3.05) is 5.73 Å². The van der Waals surface area contributed by atoms with Crippen molar-refractivity contribution in [3.05, 3.63) is 44.7 Å². The maximum atomic E-state index is 11.9. The number of benzene rings is 1. The number of hydrogen-bond acceptors (Lipinski definition) is 6. The molecule has 0 bridgehead atoms. The fourth-order valence-corrected chi connectivity index (χ4v) is 3.59. The van der Waals surface area contributed by atoms with Crippen LogP contribution in [0.3, 0.4) is 0 Å². The van der Waals surface area contributed by atoms with E-state index in [0.717, 1.165) is 21.4 Å². The van der Waals surface area contributed by atoms with Crippen molar-refractivity contribution < 1.29 is 0 Å². The third kappa shape index (κ3) is 2.87. The summed E-state index contributed by atoms with van der Waals surface area (Å²) < 4.78 is 1.49. The summed E-state index contributed by atoms with van der Waals surface area (Å²) in [6, 6.07) is 8.00. The molecule has 3 aromatic rings. The summed E-state index contributed by atoms with van der Waals surface area (Å²) in [4.78, 5) is 23.0. The molecule has 3 rings (SSSR count). The molecule has 0 fully saturated rings. The van der Waals surface area contributed by atoms with E-state index >= 15 is 0 Å². The standard InChI is InChI=1S/C12H9BrN4OS2/c13-7-3-1-2-6(4-7)5-19-12-16-9-8(10(18)17-12)20-11(14)15-9/h1-4H,5H2,(H3,14,15,16,17,18). The van der Waals surface area contributed by atoms with Crippen molar-refractivity contribution in [1.29, 1.82) is 0 Å². The van der Waals surface area contributed by atoms with Gasteiger partial charge in [-0.3, -0.25) is 4.79 Å². The molecule has 8 heteroatoms. The molecule has 1 aromatic carbocycles. The van der Waals surface area contributed by atoms with Crippen molar-refractivity contribution in [2.45, 2.75) is 10.9 Å². The number of aromatic amines is 1. The molecule has 5 nitrogen and oxygen atoms in total. The van der Waals surface area contributed by atoms with Crippen molar-refractivity contribution in [2.24, 2.45) is 0 Å². The highest BCUT2D eigenvalue weighted by Crippen LogP contribution is 2.24. The van der Waals surface area contributed by atoms with Crippen LogP contribution in [-0.4, -0.2) is 15.0 Å². The van der Waals surface area contributed by atoms with Gasteiger partial charge in [-0.15, -0.1) is 0 Å². The molecular formula is C12H9BrN4OS2. The highest BCUT2D eigenvalue weighted by molar-refractivity contribution is 9.10. The fourth-order valence-electron chi connectivity index (χ4n) is 1.68. The number of aromatic nitrogens is 3. The molecule has 0 radical (unpaired) electrons. The Kier molecular flexibility index (Phi) is 3.77. The first-order chi connectivity index (χ1) is 9.61. The Morgan fingerprint density at radius 1 is 1.40 bits per heavy atom. The van der Waals surface area contributed by atoms with E-state index in [1.807, 2.05) is 24.3 Å². The lowest BCUT2D eigenvalue weighted by Gasteiger charge is -2.01. The summed E-state index contributed by atoms with van der Waals surface area (Å²) in [5, 5.41) is 0.903. The first-order valence-electron chi connectivity index (χ1n) is 5.65. The zero-order valence-electron chi connectivity index (χ0n) is 10.1. The molecule has 0 saturated heterocycles. The predicted molar refractivity (Wildman–Crippen MR) is 86.2 cm³/mol. The van der Waals surface area contributed by atoms with Gasteiger partial charge < -0.3 is 10.7 Å². The Bertz CT molecular complexity index is 830. The lowest BCUT2D eigenvalue weighted by Crippen LogP contribution is -2.07. The average molecular weight is 369 g/mol. The van der Waals surface area contributed by atoms with Crippen LogP contribution >= 0.6 is 39.0 Å². The molecular weight excluding hydrogens is 360 g/mol. The van der Waals surface area contributed by atoms with E-state index in [0.29, 0.717) is 26.4 Å². The molecule has 3 N–H and O–H groups in total. The summed E-state index contributed by atoms with van der Waals surface area (Å²) in [6.07, 6.45) is 0. The molecule has 102 valence electrons. The number of thiazole rings is 1. The number of rotatable bonds is 3. The van der Waals surface area contributed by atoms with Crippen LogP contribution in [0.4, 0.5) is 5.13 Å². The Hall–Kier alpha value is -1.38. The molecule has 0 spiro atoms. The Morgan fingerprint density at radius 2 is 2.25 bits per heavy atom. The number of anilines is 1. The van der Waals surface area contributed by atoms with E-state index in [4.69, 9.17) is 5.73 Å². The van der Waals surface area contributed by atoms with Crippen LogP contribution in [0.5, 0.6) is 0 Å². The average Bonchev–Trinajstić information content (AvgIpc) is 2.78.